The fraction of sp³-hybridized carbons (Fsp3) is 0.312. The predicted molar refractivity (Wildman–Crippen MR) is 153 cm³/mol. The van der Waals surface area contributed by atoms with Gasteiger partial charge in [0.05, 0.1) is 5.52 Å². The van der Waals surface area contributed by atoms with Crippen molar-refractivity contribution >= 4 is 28.3 Å². The topological polar surface area (TPSA) is 57.3 Å². The van der Waals surface area contributed by atoms with Gasteiger partial charge in [-0.3, -0.25) is 4.79 Å². The molecule has 0 saturated heterocycles. The zero-order valence-corrected chi connectivity index (χ0v) is 21.8. The second-order valence-electron chi connectivity index (χ2n) is 10.2. The number of rotatable bonds is 8. The number of fused-ring (bicyclic) bond motifs is 1. The van der Waals surface area contributed by atoms with E-state index < -0.39 is 0 Å². The standard InChI is InChI=1S/C32H36N4O/c1-36(2)30-22-31(35-29-15-9-8-14-28(29)30)33-25-18-20-26(21-19-25)34-32(37)27-13-7-6-12-24(27)17-16-23-10-4-3-5-11-23/h3-15,22,25-26H,16-21H2,1-2H3,(H,33,35)(H,34,37)/t25-,26+. The van der Waals surface area contributed by atoms with Gasteiger partial charge in [0.2, 0.25) is 0 Å². The van der Waals surface area contributed by atoms with Crippen LogP contribution in [0.4, 0.5) is 11.5 Å². The fourth-order valence-corrected chi connectivity index (χ4v) is 5.34. The Balaban J connectivity index is 1.17. The SMILES string of the molecule is CN(C)c1cc(N[C@H]2CC[C@@H](NC(=O)c3ccccc3CCc3ccccc3)CC2)nc2ccccc12. The molecule has 0 aliphatic heterocycles. The summed E-state index contributed by atoms with van der Waals surface area (Å²) in [5, 5.41) is 8.14. The Labute approximate surface area is 219 Å². The van der Waals surface area contributed by atoms with E-state index >= 15 is 0 Å². The van der Waals surface area contributed by atoms with E-state index in [2.05, 4.69) is 84.2 Å². The minimum atomic E-state index is 0.0480. The van der Waals surface area contributed by atoms with Gasteiger partial charge in [-0.25, -0.2) is 4.98 Å². The van der Waals surface area contributed by atoms with Crippen LogP contribution in [-0.4, -0.2) is 37.1 Å². The Morgan fingerprint density at radius 3 is 2.30 bits per heavy atom. The summed E-state index contributed by atoms with van der Waals surface area (Å²) in [7, 11) is 4.14. The Bertz CT molecular complexity index is 1340. The third-order valence-corrected chi connectivity index (χ3v) is 7.38. The van der Waals surface area contributed by atoms with Crippen LogP contribution in [0, 0.1) is 0 Å². The molecule has 0 unspecified atom stereocenters. The van der Waals surface area contributed by atoms with E-state index in [4.69, 9.17) is 4.98 Å². The molecule has 0 bridgehead atoms. The number of benzene rings is 3. The van der Waals surface area contributed by atoms with Crippen LogP contribution in [0.3, 0.4) is 0 Å². The lowest BCUT2D eigenvalue weighted by Gasteiger charge is -2.30. The van der Waals surface area contributed by atoms with Gasteiger partial charge in [-0.1, -0.05) is 66.7 Å². The molecule has 0 spiro atoms. The van der Waals surface area contributed by atoms with E-state index in [-0.39, 0.29) is 11.9 Å². The molecule has 2 N–H and O–H groups in total. The molecule has 1 aliphatic carbocycles. The number of aromatic nitrogens is 1. The highest BCUT2D eigenvalue weighted by Crippen LogP contribution is 2.29. The first-order valence-electron chi connectivity index (χ1n) is 13.3. The Morgan fingerprint density at radius 2 is 1.51 bits per heavy atom. The van der Waals surface area contributed by atoms with Crippen LogP contribution in [-0.2, 0) is 12.8 Å². The summed E-state index contributed by atoms with van der Waals surface area (Å²) in [6, 6.07) is 29.5. The summed E-state index contributed by atoms with van der Waals surface area (Å²) in [5.41, 5.74) is 5.37. The van der Waals surface area contributed by atoms with Gasteiger partial charge in [-0.05, 0) is 61.8 Å². The van der Waals surface area contributed by atoms with Crippen LogP contribution in [0.2, 0.25) is 0 Å². The number of anilines is 2. The summed E-state index contributed by atoms with van der Waals surface area (Å²) >= 11 is 0. The zero-order chi connectivity index (χ0) is 25.6. The number of pyridine rings is 1. The molecule has 37 heavy (non-hydrogen) atoms. The number of aryl methyl sites for hydroxylation is 2. The monoisotopic (exact) mass is 492 g/mol. The lowest BCUT2D eigenvalue weighted by Crippen LogP contribution is -2.40. The smallest absolute Gasteiger partial charge is 0.251 e. The van der Waals surface area contributed by atoms with Gasteiger partial charge >= 0.3 is 0 Å². The van der Waals surface area contributed by atoms with Gasteiger partial charge < -0.3 is 15.5 Å². The molecule has 1 saturated carbocycles. The zero-order valence-electron chi connectivity index (χ0n) is 21.8. The first-order valence-corrected chi connectivity index (χ1v) is 13.3. The van der Waals surface area contributed by atoms with Gasteiger partial charge in [-0.2, -0.15) is 0 Å². The van der Waals surface area contributed by atoms with Crippen molar-refractivity contribution in [2.24, 2.45) is 0 Å². The number of hydrogen-bond donors (Lipinski definition) is 2. The molecule has 3 aromatic carbocycles. The minimum Gasteiger partial charge on any atom is -0.377 e. The minimum absolute atomic E-state index is 0.0480. The number of carbonyl (C=O) groups is 1. The summed E-state index contributed by atoms with van der Waals surface area (Å²) < 4.78 is 0. The van der Waals surface area contributed by atoms with Crippen LogP contribution >= 0.6 is 0 Å². The maximum atomic E-state index is 13.2. The van der Waals surface area contributed by atoms with Crippen molar-refractivity contribution in [3.05, 3.63) is 102 Å². The van der Waals surface area contributed by atoms with Crippen LogP contribution < -0.4 is 15.5 Å². The molecule has 5 heteroatoms. The molecule has 1 aromatic heterocycles. The van der Waals surface area contributed by atoms with Crippen molar-refractivity contribution in [3.63, 3.8) is 0 Å². The number of para-hydroxylation sites is 1. The summed E-state index contributed by atoms with van der Waals surface area (Å²) in [4.78, 5) is 20.2. The van der Waals surface area contributed by atoms with E-state index in [1.165, 1.54) is 11.3 Å². The Hall–Kier alpha value is -3.86. The van der Waals surface area contributed by atoms with E-state index in [9.17, 15) is 4.79 Å². The predicted octanol–water partition coefficient (Wildman–Crippen LogP) is 6.24. The first kappa shape index (κ1) is 24.8. The number of hydrogen-bond acceptors (Lipinski definition) is 4. The molecule has 1 aliphatic rings. The van der Waals surface area contributed by atoms with Crippen molar-refractivity contribution < 1.29 is 4.79 Å². The molecule has 0 atom stereocenters. The molecular formula is C32H36N4O. The molecule has 5 rings (SSSR count). The highest BCUT2D eigenvalue weighted by atomic mass is 16.1. The number of nitrogens with zero attached hydrogens (tertiary/aromatic N) is 2. The normalized spacial score (nSPS) is 17.4. The van der Waals surface area contributed by atoms with Crippen LogP contribution in [0.15, 0.2) is 84.9 Å². The summed E-state index contributed by atoms with van der Waals surface area (Å²) in [5.74, 6) is 0.967. The van der Waals surface area contributed by atoms with Crippen molar-refractivity contribution in [1.29, 1.82) is 0 Å². The highest BCUT2D eigenvalue weighted by Gasteiger charge is 2.24. The van der Waals surface area contributed by atoms with Crippen molar-refractivity contribution in [2.45, 2.75) is 50.6 Å². The van der Waals surface area contributed by atoms with Crippen molar-refractivity contribution in [2.75, 3.05) is 24.3 Å². The molecule has 1 fully saturated rings. The molecule has 4 aromatic rings. The number of carbonyl (C=O) groups excluding carboxylic acids is 1. The maximum Gasteiger partial charge on any atom is 0.251 e. The second-order valence-corrected chi connectivity index (χ2v) is 10.2. The van der Waals surface area contributed by atoms with Crippen LogP contribution in [0.5, 0.6) is 0 Å². The fourth-order valence-electron chi connectivity index (χ4n) is 5.34. The van der Waals surface area contributed by atoms with Gasteiger partial charge in [0.25, 0.3) is 5.91 Å². The molecule has 0 radical (unpaired) electrons. The molecule has 1 amide bonds. The molecular weight excluding hydrogens is 456 g/mol. The van der Waals surface area contributed by atoms with Crippen LogP contribution in [0.25, 0.3) is 10.9 Å². The quantitative estimate of drug-likeness (QED) is 0.306. The van der Waals surface area contributed by atoms with Gasteiger partial charge in [0, 0.05) is 48.9 Å². The largest absolute Gasteiger partial charge is 0.377 e. The average Bonchev–Trinajstić information content (AvgIpc) is 2.93. The van der Waals surface area contributed by atoms with Gasteiger partial charge in [0.1, 0.15) is 5.82 Å². The number of amides is 1. The van der Waals surface area contributed by atoms with E-state index in [0.29, 0.717) is 6.04 Å². The average molecular weight is 493 g/mol. The van der Waals surface area contributed by atoms with Crippen LogP contribution in [0.1, 0.15) is 47.2 Å². The lowest BCUT2D eigenvalue weighted by atomic mass is 9.90. The highest BCUT2D eigenvalue weighted by molar-refractivity contribution is 5.96. The number of nitrogens with one attached hydrogen (secondary N) is 2. The third kappa shape index (κ3) is 6.11. The molecule has 1 heterocycles. The molecule has 5 nitrogen and oxygen atoms in total. The van der Waals surface area contributed by atoms with E-state index in [0.717, 1.165) is 66.4 Å². The Kier molecular flexibility index (Phi) is 7.69. The first-order chi connectivity index (χ1) is 18.1. The van der Waals surface area contributed by atoms with Gasteiger partial charge in [0.15, 0.2) is 0 Å². The van der Waals surface area contributed by atoms with Crippen molar-refractivity contribution in [3.8, 4) is 0 Å². The van der Waals surface area contributed by atoms with E-state index in [1.54, 1.807) is 0 Å². The second kappa shape index (κ2) is 11.5. The molecule has 190 valence electrons. The maximum absolute atomic E-state index is 13.2. The third-order valence-electron chi connectivity index (χ3n) is 7.38. The summed E-state index contributed by atoms with van der Waals surface area (Å²) in [6.45, 7) is 0. The van der Waals surface area contributed by atoms with Gasteiger partial charge in [-0.15, -0.1) is 0 Å². The van der Waals surface area contributed by atoms with Crippen molar-refractivity contribution in [1.82, 2.24) is 10.3 Å². The van der Waals surface area contributed by atoms with E-state index in [1.807, 2.05) is 30.3 Å². The lowest BCUT2D eigenvalue weighted by molar-refractivity contribution is 0.0925. The Morgan fingerprint density at radius 1 is 0.838 bits per heavy atom. The summed E-state index contributed by atoms with van der Waals surface area (Å²) in [6.07, 6.45) is 5.73.